The summed E-state index contributed by atoms with van der Waals surface area (Å²) in [6, 6.07) is 1.50. The van der Waals surface area contributed by atoms with E-state index in [1.165, 1.54) is 4.40 Å². The highest BCUT2D eigenvalue weighted by Gasteiger charge is 2.12. The second kappa shape index (κ2) is 4.15. The third kappa shape index (κ3) is 1.92. The fourth-order valence-electron chi connectivity index (χ4n) is 1.81. The van der Waals surface area contributed by atoms with Crippen LogP contribution < -0.4 is 11.0 Å². The number of anilines is 1. The minimum atomic E-state index is -0.308. The zero-order valence-electron chi connectivity index (χ0n) is 10.2. The van der Waals surface area contributed by atoms with E-state index in [2.05, 4.69) is 41.1 Å². The first kappa shape index (κ1) is 11.3. The molecule has 0 fully saturated rings. The van der Waals surface area contributed by atoms with E-state index in [1.807, 2.05) is 6.92 Å². The first-order chi connectivity index (χ1) is 9.15. The number of aromatic amines is 2. The van der Waals surface area contributed by atoms with Crippen LogP contribution in [-0.4, -0.2) is 40.2 Å². The summed E-state index contributed by atoms with van der Waals surface area (Å²) >= 11 is 0. The Morgan fingerprint density at radius 1 is 1.42 bits per heavy atom. The molecule has 1 atom stereocenters. The monoisotopic (exact) mass is 261 g/mol. The van der Waals surface area contributed by atoms with Crippen LogP contribution in [0.25, 0.3) is 5.65 Å². The lowest BCUT2D eigenvalue weighted by molar-refractivity contribution is 0.784. The molecule has 3 rings (SSSR count). The number of H-pyrrole nitrogens is 2. The first-order valence-corrected chi connectivity index (χ1v) is 5.60. The van der Waals surface area contributed by atoms with Crippen LogP contribution in [0.3, 0.4) is 0 Å². The van der Waals surface area contributed by atoms with Crippen molar-refractivity contribution in [3.05, 3.63) is 28.2 Å². The summed E-state index contributed by atoms with van der Waals surface area (Å²) in [6.45, 7) is 3.61. The topological polar surface area (TPSA) is 130 Å². The molecule has 0 radical (unpaired) electrons. The number of aryl methyl sites for hydroxylation is 1. The molecular formula is C9H11N9O. The minimum Gasteiger partial charge on any atom is -0.360 e. The molecule has 1 unspecified atom stereocenters. The molecule has 3 aromatic heterocycles. The Hall–Kier alpha value is -2.78. The summed E-state index contributed by atoms with van der Waals surface area (Å²) in [6.07, 6.45) is 0. The molecule has 19 heavy (non-hydrogen) atoms. The van der Waals surface area contributed by atoms with Gasteiger partial charge in [0.25, 0.3) is 0 Å². The van der Waals surface area contributed by atoms with Crippen LogP contribution in [0.5, 0.6) is 0 Å². The van der Waals surface area contributed by atoms with Gasteiger partial charge in [0.1, 0.15) is 11.6 Å². The molecule has 0 aromatic carbocycles. The summed E-state index contributed by atoms with van der Waals surface area (Å²) < 4.78 is 1.39. The van der Waals surface area contributed by atoms with E-state index in [-0.39, 0.29) is 11.7 Å². The maximum absolute atomic E-state index is 11.5. The smallest absolute Gasteiger partial charge is 0.349 e. The lowest BCUT2D eigenvalue weighted by Crippen LogP contribution is -2.15. The van der Waals surface area contributed by atoms with Gasteiger partial charge in [-0.2, -0.15) is 10.3 Å². The van der Waals surface area contributed by atoms with E-state index in [0.717, 1.165) is 0 Å². The summed E-state index contributed by atoms with van der Waals surface area (Å²) in [4.78, 5) is 15.8. The quantitative estimate of drug-likeness (QED) is 0.574. The predicted molar refractivity (Wildman–Crippen MR) is 64.6 cm³/mol. The van der Waals surface area contributed by atoms with Crippen molar-refractivity contribution in [2.24, 2.45) is 0 Å². The molecule has 3 N–H and O–H groups in total. The van der Waals surface area contributed by atoms with E-state index in [9.17, 15) is 4.79 Å². The summed E-state index contributed by atoms with van der Waals surface area (Å²) in [5.74, 6) is 1.65. The van der Waals surface area contributed by atoms with Crippen molar-refractivity contribution >= 4 is 11.5 Å². The molecule has 0 saturated heterocycles. The van der Waals surface area contributed by atoms with E-state index < -0.39 is 0 Å². The van der Waals surface area contributed by atoms with Gasteiger partial charge in [0.05, 0.1) is 6.04 Å². The Balaban J connectivity index is 1.95. The van der Waals surface area contributed by atoms with Crippen LogP contribution in [0.1, 0.15) is 24.6 Å². The van der Waals surface area contributed by atoms with Crippen molar-refractivity contribution in [3.63, 3.8) is 0 Å². The molecule has 0 spiro atoms. The van der Waals surface area contributed by atoms with Crippen LogP contribution in [-0.2, 0) is 0 Å². The molecule has 0 aliphatic rings. The van der Waals surface area contributed by atoms with Crippen LogP contribution in [0.2, 0.25) is 0 Å². The Morgan fingerprint density at radius 3 is 3.00 bits per heavy atom. The molecular weight excluding hydrogens is 250 g/mol. The van der Waals surface area contributed by atoms with Crippen LogP contribution in [0, 0.1) is 6.92 Å². The Bertz CT molecular complexity index is 756. The number of nitrogens with zero attached hydrogens (tertiary/aromatic N) is 6. The third-order valence-corrected chi connectivity index (χ3v) is 2.68. The zero-order chi connectivity index (χ0) is 13.4. The summed E-state index contributed by atoms with van der Waals surface area (Å²) in [5, 5.41) is 23.1. The van der Waals surface area contributed by atoms with Gasteiger partial charge in [-0.3, -0.25) is 0 Å². The van der Waals surface area contributed by atoms with Crippen molar-refractivity contribution in [1.29, 1.82) is 0 Å². The van der Waals surface area contributed by atoms with Gasteiger partial charge in [-0.1, -0.05) is 5.21 Å². The van der Waals surface area contributed by atoms with Gasteiger partial charge in [0.15, 0.2) is 11.5 Å². The van der Waals surface area contributed by atoms with Gasteiger partial charge in [-0.25, -0.2) is 19.3 Å². The Morgan fingerprint density at radius 2 is 2.26 bits per heavy atom. The molecule has 0 bridgehead atoms. The number of tetrazole rings is 1. The van der Waals surface area contributed by atoms with Gasteiger partial charge in [0.2, 0.25) is 0 Å². The van der Waals surface area contributed by atoms with Crippen molar-refractivity contribution in [3.8, 4) is 0 Å². The van der Waals surface area contributed by atoms with E-state index in [0.29, 0.717) is 23.1 Å². The van der Waals surface area contributed by atoms with Gasteiger partial charge in [-0.05, 0) is 13.8 Å². The van der Waals surface area contributed by atoms with Crippen LogP contribution >= 0.6 is 0 Å². The normalized spacial score (nSPS) is 12.7. The average molecular weight is 261 g/mol. The lowest BCUT2D eigenvalue weighted by Gasteiger charge is -2.11. The number of aromatic nitrogens is 8. The van der Waals surface area contributed by atoms with E-state index in [4.69, 9.17) is 0 Å². The van der Waals surface area contributed by atoms with Crippen molar-refractivity contribution in [2.45, 2.75) is 19.9 Å². The molecule has 0 saturated carbocycles. The highest BCUT2D eigenvalue weighted by atomic mass is 16.1. The summed E-state index contributed by atoms with van der Waals surface area (Å²) in [7, 11) is 0. The fourth-order valence-corrected chi connectivity index (χ4v) is 1.81. The number of nitrogens with one attached hydrogen (secondary N) is 3. The van der Waals surface area contributed by atoms with E-state index in [1.54, 1.807) is 13.0 Å². The third-order valence-electron chi connectivity index (χ3n) is 2.68. The number of rotatable bonds is 3. The molecule has 0 amide bonds. The highest BCUT2D eigenvalue weighted by Crippen LogP contribution is 2.14. The lowest BCUT2D eigenvalue weighted by atomic mass is 10.3. The molecule has 3 heterocycles. The average Bonchev–Trinajstić information content (AvgIpc) is 2.99. The first-order valence-electron chi connectivity index (χ1n) is 5.60. The van der Waals surface area contributed by atoms with Gasteiger partial charge in [-0.15, -0.1) is 10.2 Å². The molecule has 98 valence electrons. The standard InChI is InChI=1S/C9H11N9O/c1-4(8-13-16-17-14-8)10-6-3-7-12-15-9(19)18(7)5(2)11-6/h3-4,10H,1-2H3,(H,15,19)(H,13,14,16,17). The molecule has 10 heteroatoms. The maximum Gasteiger partial charge on any atom is 0.349 e. The number of fused-ring (bicyclic) bond motifs is 1. The summed E-state index contributed by atoms with van der Waals surface area (Å²) in [5.41, 5.74) is 0.193. The van der Waals surface area contributed by atoms with Crippen molar-refractivity contribution in [2.75, 3.05) is 5.32 Å². The Labute approximate surface area is 106 Å². The highest BCUT2D eigenvalue weighted by molar-refractivity contribution is 5.50. The maximum atomic E-state index is 11.5. The SMILES string of the molecule is Cc1nc(NC(C)c2nn[nH]n2)cc2n[nH]c(=O)n12. The molecule has 0 aliphatic heterocycles. The molecule has 10 nitrogen and oxygen atoms in total. The van der Waals surface area contributed by atoms with Gasteiger partial charge in [0, 0.05) is 6.07 Å². The Kier molecular flexibility index (Phi) is 2.47. The number of hydrogen-bond donors (Lipinski definition) is 3. The van der Waals surface area contributed by atoms with E-state index >= 15 is 0 Å². The number of hydrogen-bond acceptors (Lipinski definition) is 7. The second-order valence-electron chi connectivity index (χ2n) is 4.05. The van der Waals surface area contributed by atoms with Crippen molar-refractivity contribution < 1.29 is 0 Å². The fraction of sp³-hybridized carbons (Fsp3) is 0.333. The molecule has 3 aromatic rings. The van der Waals surface area contributed by atoms with Gasteiger partial charge >= 0.3 is 5.69 Å². The van der Waals surface area contributed by atoms with Crippen LogP contribution in [0.15, 0.2) is 10.9 Å². The minimum absolute atomic E-state index is 0.168. The van der Waals surface area contributed by atoms with Crippen molar-refractivity contribution in [1.82, 2.24) is 40.2 Å². The predicted octanol–water partition coefficient (Wildman–Crippen LogP) is -0.588. The largest absolute Gasteiger partial charge is 0.360 e. The molecule has 0 aliphatic carbocycles. The van der Waals surface area contributed by atoms with Crippen LogP contribution in [0.4, 0.5) is 5.82 Å². The van der Waals surface area contributed by atoms with Gasteiger partial charge < -0.3 is 5.32 Å². The zero-order valence-corrected chi connectivity index (χ0v) is 10.2. The second-order valence-corrected chi connectivity index (χ2v) is 4.05.